The van der Waals surface area contributed by atoms with Gasteiger partial charge in [0.1, 0.15) is 5.56 Å². The average molecular weight is 314 g/mol. The molecule has 0 unspecified atom stereocenters. The van der Waals surface area contributed by atoms with E-state index in [0.29, 0.717) is 21.6 Å². The topological polar surface area (TPSA) is 64.0 Å². The average Bonchev–Trinajstić information content (AvgIpc) is 2.51. The van der Waals surface area contributed by atoms with E-state index in [-0.39, 0.29) is 11.0 Å². The number of nitrogens with one attached hydrogen (secondary N) is 1. The third kappa shape index (κ3) is 2.46. The van der Waals surface area contributed by atoms with Gasteiger partial charge in [0.05, 0.1) is 10.5 Å². The zero-order valence-electron chi connectivity index (χ0n) is 11.7. The summed E-state index contributed by atoms with van der Waals surface area (Å²) >= 11 is 6.13. The van der Waals surface area contributed by atoms with Gasteiger partial charge in [0.25, 0.3) is 5.91 Å². The molecular formula is C16H12ClN3O2. The number of nitrogens with zero attached hydrogens (tertiary/aromatic N) is 2. The van der Waals surface area contributed by atoms with Crippen molar-refractivity contribution in [1.29, 1.82) is 0 Å². The molecule has 2 heterocycles. The number of carbonyl (C=O) groups excluding carboxylic acids is 1. The molecule has 0 aliphatic heterocycles. The van der Waals surface area contributed by atoms with E-state index in [0.717, 1.165) is 0 Å². The van der Waals surface area contributed by atoms with Crippen LogP contribution in [0.2, 0.25) is 5.02 Å². The highest BCUT2D eigenvalue weighted by Gasteiger charge is 2.15. The first-order valence-corrected chi connectivity index (χ1v) is 6.95. The highest BCUT2D eigenvalue weighted by molar-refractivity contribution is 6.35. The van der Waals surface area contributed by atoms with E-state index < -0.39 is 5.91 Å². The Kier molecular flexibility index (Phi) is 3.65. The second-order valence-electron chi connectivity index (χ2n) is 4.81. The van der Waals surface area contributed by atoms with E-state index in [1.165, 1.54) is 6.20 Å². The van der Waals surface area contributed by atoms with Crippen LogP contribution >= 0.6 is 11.6 Å². The molecule has 1 amide bonds. The summed E-state index contributed by atoms with van der Waals surface area (Å²) in [6.45, 7) is 0. The summed E-state index contributed by atoms with van der Waals surface area (Å²) in [5.74, 6) is -0.464. The Morgan fingerprint density at radius 1 is 1.23 bits per heavy atom. The molecule has 0 saturated heterocycles. The molecule has 3 aromatic rings. The van der Waals surface area contributed by atoms with Crippen LogP contribution in [0.1, 0.15) is 10.4 Å². The number of halogens is 1. The van der Waals surface area contributed by atoms with Crippen molar-refractivity contribution in [3.05, 3.63) is 69.7 Å². The summed E-state index contributed by atoms with van der Waals surface area (Å²) in [4.78, 5) is 28.7. The van der Waals surface area contributed by atoms with Gasteiger partial charge in [-0.25, -0.2) is 0 Å². The number of benzene rings is 1. The van der Waals surface area contributed by atoms with Crippen molar-refractivity contribution >= 4 is 34.1 Å². The molecule has 5 nitrogen and oxygen atoms in total. The van der Waals surface area contributed by atoms with Crippen LogP contribution in [0.4, 0.5) is 5.69 Å². The first-order valence-electron chi connectivity index (χ1n) is 6.57. The predicted molar refractivity (Wildman–Crippen MR) is 86.4 cm³/mol. The number of para-hydroxylation sites is 1. The number of hydrogen-bond donors (Lipinski definition) is 1. The molecule has 0 aliphatic rings. The lowest BCUT2D eigenvalue weighted by atomic mass is 10.1. The van der Waals surface area contributed by atoms with E-state index in [4.69, 9.17) is 11.6 Å². The Morgan fingerprint density at radius 2 is 1.95 bits per heavy atom. The largest absolute Gasteiger partial charge is 0.348 e. The van der Waals surface area contributed by atoms with Gasteiger partial charge in [-0.15, -0.1) is 0 Å². The quantitative estimate of drug-likeness (QED) is 0.791. The first kappa shape index (κ1) is 14.3. The van der Waals surface area contributed by atoms with Gasteiger partial charge in [0.2, 0.25) is 5.43 Å². The Labute approximate surface area is 131 Å². The van der Waals surface area contributed by atoms with Gasteiger partial charge in [-0.05, 0) is 24.3 Å². The standard InChI is InChI=1S/C16H12ClN3O2/c1-20-9-12(16(22)19-10-5-7-18-8-6-10)15(21)11-3-2-4-13(17)14(11)20/h2-9H,1H3,(H,18,19,22). The third-order valence-corrected chi connectivity index (χ3v) is 3.64. The van der Waals surface area contributed by atoms with Gasteiger partial charge in [0.15, 0.2) is 0 Å². The fraction of sp³-hybridized carbons (Fsp3) is 0.0625. The molecule has 110 valence electrons. The lowest BCUT2D eigenvalue weighted by molar-refractivity contribution is 0.102. The highest BCUT2D eigenvalue weighted by Crippen LogP contribution is 2.21. The molecular weight excluding hydrogens is 302 g/mol. The summed E-state index contributed by atoms with van der Waals surface area (Å²) < 4.78 is 1.68. The predicted octanol–water partition coefficient (Wildman–Crippen LogP) is 2.84. The van der Waals surface area contributed by atoms with E-state index in [1.54, 1.807) is 54.3 Å². The maximum Gasteiger partial charge on any atom is 0.261 e. The Bertz CT molecular complexity index is 920. The van der Waals surface area contributed by atoms with E-state index in [2.05, 4.69) is 10.3 Å². The number of aryl methyl sites for hydroxylation is 1. The number of pyridine rings is 2. The lowest BCUT2D eigenvalue weighted by Crippen LogP contribution is -2.23. The SMILES string of the molecule is Cn1cc(C(=O)Nc2ccncc2)c(=O)c2cccc(Cl)c21. The van der Waals surface area contributed by atoms with Gasteiger partial charge in [-0.2, -0.15) is 0 Å². The molecule has 0 saturated carbocycles. The number of aromatic nitrogens is 2. The van der Waals surface area contributed by atoms with Crippen LogP contribution < -0.4 is 10.7 Å². The summed E-state index contributed by atoms with van der Waals surface area (Å²) in [6.07, 6.45) is 4.62. The maximum absolute atomic E-state index is 12.5. The van der Waals surface area contributed by atoms with Gasteiger partial charge < -0.3 is 9.88 Å². The third-order valence-electron chi connectivity index (χ3n) is 3.33. The molecule has 2 aromatic heterocycles. The number of amides is 1. The molecule has 22 heavy (non-hydrogen) atoms. The van der Waals surface area contributed by atoms with Crippen LogP contribution in [0.5, 0.6) is 0 Å². The molecule has 1 aromatic carbocycles. The zero-order chi connectivity index (χ0) is 15.7. The van der Waals surface area contributed by atoms with Crippen LogP contribution in [-0.2, 0) is 7.05 Å². The molecule has 0 fully saturated rings. The Morgan fingerprint density at radius 3 is 2.68 bits per heavy atom. The summed E-state index contributed by atoms with van der Waals surface area (Å²) in [7, 11) is 1.75. The zero-order valence-corrected chi connectivity index (χ0v) is 12.5. The molecule has 1 N–H and O–H groups in total. The fourth-order valence-corrected chi connectivity index (χ4v) is 2.62. The van der Waals surface area contributed by atoms with Gasteiger partial charge in [-0.3, -0.25) is 14.6 Å². The van der Waals surface area contributed by atoms with Crippen molar-refractivity contribution in [3.63, 3.8) is 0 Å². The summed E-state index contributed by atoms with van der Waals surface area (Å²) in [5, 5.41) is 3.57. The van der Waals surface area contributed by atoms with Crippen LogP contribution in [0.3, 0.4) is 0 Å². The van der Waals surface area contributed by atoms with Crippen molar-refractivity contribution < 1.29 is 4.79 Å². The lowest BCUT2D eigenvalue weighted by Gasteiger charge is -2.10. The van der Waals surface area contributed by atoms with E-state index >= 15 is 0 Å². The minimum Gasteiger partial charge on any atom is -0.348 e. The van der Waals surface area contributed by atoms with Crippen LogP contribution in [0.25, 0.3) is 10.9 Å². The second kappa shape index (κ2) is 5.61. The van der Waals surface area contributed by atoms with E-state index in [1.807, 2.05) is 0 Å². The molecule has 6 heteroatoms. The van der Waals surface area contributed by atoms with Crippen molar-refractivity contribution in [2.24, 2.45) is 7.05 Å². The molecule has 0 aliphatic carbocycles. The molecule has 3 rings (SSSR count). The van der Waals surface area contributed by atoms with Crippen LogP contribution in [-0.4, -0.2) is 15.5 Å². The highest BCUT2D eigenvalue weighted by atomic mass is 35.5. The van der Waals surface area contributed by atoms with Gasteiger partial charge in [0, 0.05) is 36.7 Å². The Hall–Kier alpha value is -2.66. The first-order chi connectivity index (χ1) is 10.6. The van der Waals surface area contributed by atoms with Gasteiger partial charge in [-0.1, -0.05) is 17.7 Å². The van der Waals surface area contributed by atoms with Crippen molar-refractivity contribution in [2.45, 2.75) is 0 Å². The number of hydrogen-bond acceptors (Lipinski definition) is 3. The van der Waals surface area contributed by atoms with Gasteiger partial charge >= 0.3 is 0 Å². The number of rotatable bonds is 2. The molecule has 0 radical (unpaired) electrons. The molecule has 0 spiro atoms. The minimum atomic E-state index is -0.464. The van der Waals surface area contributed by atoms with Crippen molar-refractivity contribution in [1.82, 2.24) is 9.55 Å². The van der Waals surface area contributed by atoms with Crippen LogP contribution in [0, 0.1) is 0 Å². The maximum atomic E-state index is 12.5. The van der Waals surface area contributed by atoms with Crippen molar-refractivity contribution in [2.75, 3.05) is 5.32 Å². The minimum absolute atomic E-state index is 0.0640. The smallest absolute Gasteiger partial charge is 0.261 e. The monoisotopic (exact) mass is 313 g/mol. The fourth-order valence-electron chi connectivity index (χ4n) is 2.31. The normalized spacial score (nSPS) is 10.6. The summed E-state index contributed by atoms with van der Waals surface area (Å²) in [6, 6.07) is 8.37. The number of anilines is 1. The number of carbonyl (C=O) groups is 1. The van der Waals surface area contributed by atoms with Crippen LogP contribution in [0.15, 0.2) is 53.7 Å². The Balaban J connectivity index is 2.10. The summed E-state index contributed by atoms with van der Waals surface area (Å²) in [5.41, 5.74) is 0.902. The van der Waals surface area contributed by atoms with Crippen molar-refractivity contribution in [3.8, 4) is 0 Å². The molecule has 0 atom stereocenters. The second-order valence-corrected chi connectivity index (χ2v) is 5.22. The molecule has 0 bridgehead atoms. The number of fused-ring (bicyclic) bond motifs is 1. The van der Waals surface area contributed by atoms with E-state index in [9.17, 15) is 9.59 Å².